The monoisotopic (exact) mass is 383 g/mol. The lowest BCUT2D eigenvalue weighted by atomic mass is 10.2. The number of hydrogen-bond donors (Lipinski definition) is 1. The maximum Gasteiger partial charge on any atom is 0.410 e. The van der Waals surface area contributed by atoms with Gasteiger partial charge in [0.1, 0.15) is 23.6 Å². The standard InChI is InChI=1S/C20H25N5O3/c1-20(2,3)28-19(27)25-11-9-24(10-12-25)17-13-16(21-14-22-17)23-18(26)15-7-5-4-6-8-15/h4-8,13-14H,9-12H2,1-3H3,(H,21,22,23,26). The van der Waals surface area contributed by atoms with E-state index in [0.29, 0.717) is 43.4 Å². The highest BCUT2D eigenvalue weighted by Gasteiger charge is 2.26. The van der Waals surface area contributed by atoms with E-state index in [1.54, 1.807) is 23.1 Å². The number of carbonyl (C=O) groups excluding carboxylic acids is 2. The molecule has 1 N–H and O–H groups in total. The predicted molar refractivity (Wildman–Crippen MR) is 106 cm³/mol. The summed E-state index contributed by atoms with van der Waals surface area (Å²) < 4.78 is 5.42. The molecule has 0 bridgehead atoms. The zero-order valence-electron chi connectivity index (χ0n) is 16.4. The molecular weight excluding hydrogens is 358 g/mol. The second-order valence-corrected chi connectivity index (χ2v) is 7.54. The molecule has 2 aromatic rings. The molecule has 0 unspecified atom stereocenters. The van der Waals surface area contributed by atoms with E-state index in [9.17, 15) is 9.59 Å². The molecule has 2 heterocycles. The van der Waals surface area contributed by atoms with E-state index in [2.05, 4.69) is 20.2 Å². The normalized spacial score (nSPS) is 14.5. The van der Waals surface area contributed by atoms with Gasteiger partial charge in [0.05, 0.1) is 0 Å². The van der Waals surface area contributed by atoms with Crippen molar-refractivity contribution in [3.8, 4) is 0 Å². The Bertz CT molecular complexity index is 827. The highest BCUT2D eigenvalue weighted by atomic mass is 16.6. The molecule has 2 amide bonds. The summed E-state index contributed by atoms with van der Waals surface area (Å²) in [7, 11) is 0. The third-order valence-corrected chi connectivity index (χ3v) is 4.19. The van der Waals surface area contributed by atoms with Gasteiger partial charge in [-0.3, -0.25) is 4.79 Å². The first-order valence-electron chi connectivity index (χ1n) is 9.23. The van der Waals surface area contributed by atoms with E-state index in [-0.39, 0.29) is 12.0 Å². The number of piperazine rings is 1. The van der Waals surface area contributed by atoms with E-state index >= 15 is 0 Å². The average molecular weight is 383 g/mol. The Balaban J connectivity index is 1.59. The van der Waals surface area contributed by atoms with Gasteiger partial charge in [0.2, 0.25) is 0 Å². The number of benzene rings is 1. The van der Waals surface area contributed by atoms with Crippen LogP contribution in [-0.4, -0.2) is 58.6 Å². The first-order chi connectivity index (χ1) is 13.3. The van der Waals surface area contributed by atoms with Gasteiger partial charge < -0.3 is 19.9 Å². The van der Waals surface area contributed by atoms with Crippen molar-refractivity contribution in [1.82, 2.24) is 14.9 Å². The van der Waals surface area contributed by atoms with Gasteiger partial charge in [-0.2, -0.15) is 0 Å². The lowest BCUT2D eigenvalue weighted by Gasteiger charge is -2.36. The van der Waals surface area contributed by atoms with Crippen molar-refractivity contribution >= 4 is 23.6 Å². The maximum atomic E-state index is 12.3. The summed E-state index contributed by atoms with van der Waals surface area (Å²) >= 11 is 0. The fraction of sp³-hybridized carbons (Fsp3) is 0.400. The third kappa shape index (κ3) is 5.18. The van der Waals surface area contributed by atoms with Crippen LogP contribution in [0.1, 0.15) is 31.1 Å². The van der Waals surface area contributed by atoms with Crippen LogP contribution < -0.4 is 10.2 Å². The van der Waals surface area contributed by atoms with Crippen LogP contribution in [0.4, 0.5) is 16.4 Å². The first kappa shape index (κ1) is 19.6. The molecule has 3 rings (SSSR count). The Morgan fingerprint density at radius 3 is 2.36 bits per heavy atom. The Morgan fingerprint density at radius 1 is 1.04 bits per heavy atom. The lowest BCUT2D eigenvalue weighted by Crippen LogP contribution is -2.50. The lowest BCUT2D eigenvalue weighted by molar-refractivity contribution is 0.0240. The molecule has 8 nitrogen and oxygen atoms in total. The van der Waals surface area contributed by atoms with Gasteiger partial charge in [-0.15, -0.1) is 0 Å². The number of carbonyl (C=O) groups is 2. The summed E-state index contributed by atoms with van der Waals surface area (Å²) in [5, 5.41) is 2.79. The quantitative estimate of drug-likeness (QED) is 0.877. The van der Waals surface area contributed by atoms with Gasteiger partial charge in [0, 0.05) is 37.8 Å². The minimum absolute atomic E-state index is 0.222. The Hall–Kier alpha value is -3.16. The van der Waals surface area contributed by atoms with Crippen LogP contribution in [-0.2, 0) is 4.74 Å². The van der Waals surface area contributed by atoms with E-state index in [4.69, 9.17) is 4.74 Å². The average Bonchev–Trinajstić information content (AvgIpc) is 2.68. The van der Waals surface area contributed by atoms with Gasteiger partial charge in [0.25, 0.3) is 5.91 Å². The Morgan fingerprint density at radius 2 is 1.71 bits per heavy atom. The molecule has 0 aliphatic carbocycles. The van der Waals surface area contributed by atoms with Gasteiger partial charge in [-0.05, 0) is 32.9 Å². The molecule has 8 heteroatoms. The van der Waals surface area contributed by atoms with Crippen molar-refractivity contribution in [2.45, 2.75) is 26.4 Å². The number of anilines is 2. The van der Waals surface area contributed by atoms with Gasteiger partial charge in [-0.25, -0.2) is 14.8 Å². The zero-order valence-corrected chi connectivity index (χ0v) is 16.4. The first-order valence-corrected chi connectivity index (χ1v) is 9.23. The second-order valence-electron chi connectivity index (χ2n) is 7.54. The highest BCUT2D eigenvalue weighted by molar-refractivity contribution is 6.03. The van der Waals surface area contributed by atoms with Crippen molar-refractivity contribution < 1.29 is 14.3 Å². The van der Waals surface area contributed by atoms with Crippen molar-refractivity contribution in [1.29, 1.82) is 0 Å². The maximum absolute atomic E-state index is 12.3. The van der Waals surface area contributed by atoms with Crippen LogP contribution in [0, 0.1) is 0 Å². The van der Waals surface area contributed by atoms with Crippen molar-refractivity contribution in [3.63, 3.8) is 0 Å². The Kier molecular flexibility index (Phi) is 5.77. The van der Waals surface area contributed by atoms with Crippen LogP contribution >= 0.6 is 0 Å². The molecule has 1 aliphatic heterocycles. The Labute approximate surface area is 164 Å². The molecule has 1 aromatic carbocycles. The summed E-state index contributed by atoms with van der Waals surface area (Å²) in [5.74, 6) is 0.927. The zero-order chi connectivity index (χ0) is 20.1. The largest absolute Gasteiger partial charge is 0.444 e. The molecule has 28 heavy (non-hydrogen) atoms. The minimum atomic E-state index is -0.507. The number of hydrogen-bond acceptors (Lipinski definition) is 6. The van der Waals surface area contributed by atoms with Crippen LogP contribution in [0.25, 0.3) is 0 Å². The van der Waals surface area contributed by atoms with E-state index < -0.39 is 5.60 Å². The van der Waals surface area contributed by atoms with Gasteiger partial charge in [0.15, 0.2) is 0 Å². The molecule has 148 valence electrons. The SMILES string of the molecule is CC(C)(C)OC(=O)N1CCN(c2cc(NC(=O)c3ccccc3)ncn2)CC1. The van der Waals surface area contributed by atoms with E-state index in [1.165, 1.54) is 6.33 Å². The molecule has 1 saturated heterocycles. The summed E-state index contributed by atoms with van der Waals surface area (Å²) in [5.41, 5.74) is 0.0563. The summed E-state index contributed by atoms with van der Waals surface area (Å²) in [6, 6.07) is 10.7. The van der Waals surface area contributed by atoms with Crippen LogP contribution in [0.2, 0.25) is 0 Å². The number of ether oxygens (including phenoxy) is 1. The van der Waals surface area contributed by atoms with Crippen LogP contribution in [0.15, 0.2) is 42.7 Å². The second kappa shape index (κ2) is 8.24. The molecule has 1 aromatic heterocycles. The molecule has 0 saturated carbocycles. The highest BCUT2D eigenvalue weighted by Crippen LogP contribution is 2.18. The minimum Gasteiger partial charge on any atom is -0.444 e. The predicted octanol–water partition coefficient (Wildman–Crippen LogP) is 2.79. The summed E-state index contributed by atoms with van der Waals surface area (Å²) in [6.07, 6.45) is 1.13. The topological polar surface area (TPSA) is 87.7 Å². The third-order valence-electron chi connectivity index (χ3n) is 4.19. The molecule has 0 atom stereocenters. The summed E-state index contributed by atoms with van der Waals surface area (Å²) in [6.45, 7) is 7.91. The van der Waals surface area contributed by atoms with Crippen molar-refractivity contribution in [2.24, 2.45) is 0 Å². The molecule has 0 radical (unpaired) electrons. The van der Waals surface area contributed by atoms with Crippen LogP contribution in [0.3, 0.4) is 0 Å². The number of nitrogens with zero attached hydrogens (tertiary/aromatic N) is 4. The molecule has 1 aliphatic rings. The number of nitrogens with one attached hydrogen (secondary N) is 1. The van der Waals surface area contributed by atoms with Crippen LogP contribution in [0.5, 0.6) is 0 Å². The fourth-order valence-corrected chi connectivity index (χ4v) is 2.81. The summed E-state index contributed by atoms with van der Waals surface area (Å²) in [4.78, 5) is 36.7. The van der Waals surface area contributed by atoms with E-state index in [1.807, 2.05) is 39.0 Å². The van der Waals surface area contributed by atoms with E-state index in [0.717, 1.165) is 0 Å². The molecular formula is C20H25N5O3. The van der Waals surface area contributed by atoms with Gasteiger partial charge in [-0.1, -0.05) is 18.2 Å². The number of rotatable bonds is 3. The van der Waals surface area contributed by atoms with Crippen molar-refractivity contribution in [3.05, 3.63) is 48.3 Å². The number of amides is 2. The molecule has 1 fully saturated rings. The fourth-order valence-electron chi connectivity index (χ4n) is 2.81. The smallest absolute Gasteiger partial charge is 0.410 e. The van der Waals surface area contributed by atoms with Crippen molar-refractivity contribution in [2.75, 3.05) is 36.4 Å². The number of aromatic nitrogens is 2. The molecule has 0 spiro atoms. The van der Waals surface area contributed by atoms with Gasteiger partial charge >= 0.3 is 6.09 Å².